The molecule has 19 heavy (non-hydrogen) atoms. The molecule has 0 aliphatic heterocycles. The zero-order chi connectivity index (χ0) is 14.0. The van der Waals surface area contributed by atoms with Gasteiger partial charge in [-0.15, -0.1) is 0 Å². The number of nitrogen functional groups attached to an aromatic ring is 1. The number of nitrogens with zero attached hydrogens (tertiary/aromatic N) is 3. The van der Waals surface area contributed by atoms with Crippen molar-refractivity contribution in [2.75, 3.05) is 18.6 Å². The number of esters is 1. The third-order valence-electron chi connectivity index (χ3n) is 2.67. The topological polar surface area (TPSA) is 91.0 Å². The lowest BCUT2D eigenvalue weighted by Crippen LogP contribution is -2.12. The van der Waals surface area contributed by atoms with Crippen molar-refractivity contribution >= 4 is 34.6 Å². The molecule has 0 fully saturated rings. The van der Waals surface area contributed by atoms with Crippen molar-refractivity contribution in [2.45, 2.75) is 19.0 Å². The molecule has 0 aromatic carbocycles. The largest absolute Gasteiger partial charge is 0.462 e. The zero-order valence-corrected chi connectivity index (χ0v) is 11.7. The maximum atomic E-state index is 11.9. The third-order valence-corrected chi connectivity index (χ3v) is 3.23. The monoisotopic (exact) mass is 278 g/mol. The van der Waals surface area contributed by atoms with Gasteiger partial charge in [0.1, 0.15) is 11.4 Å². The van der Waals surface area contributed by atoms with Crippen LogP contribution in [0.4, 0.5) is 5.82 Å². The van der Waals surface area contributed by atoms with E-state index >= 15 is 0 Å². The number of hydrogen-bond donors (Lipinski definition) is 1. The van der Waals surface area contributed by atoms with E-state index in [1.165, 1.54) is 11.8 Å². The lowest BCUT2D eigenvalue weighted by molar-refractivity contribution is 0.0526. The minimum absolute atomic E-state index is 0.134. The Balaban J connectivity index is 2.65. The molecular weight excluding hydrogens is 264 g/mol. The highest BCUT2D eigenvalue weighted by Gasteiger charge is 2.19. The van der Waals surface area contributed by atoms with E-state index < -0.39 is 5.97 Å². The first-order valence-electron chi connectivity index (χ1n) is 5.72. The Labute approximate surface area is 114 Å². The molecule has 0 aliphatic rings. The number of thioether (sulfide) groups is 1. The summed E-state index contributed by atoms with van der Waals surface area (Å²) in [5.74, 6) is -0.338. The average Bonchev–Trinajstić information content (AvgIpc) is 2.38. The summed E-state index contributed by atoms with van der Waals surface area (Å²) in [6, 6.07) is 0. The number of aryl methyl sites for hydroxylation is 1. The lowest BCUT2D eigenvalue weighted by Gasteiger charge is -2.10. The SMILES string of the molecule is CCOC(=O)c1c(N)nc2nc(SC)ncc2c1C. The first-order chi connectivity index (χ1) is 9.08. The molecule has 0 aliphatic carbocycles. The number of anilines is 1. The van der Waals surface area contributed by atoms with E-state index in [0.717, 1.165) is 0 Å². The molecular formula is C12H14N4O2S. The van der Waals surface area contributed by atoms with Gasteiger partial charge in [-0.2, -0.15) is 0 Å². The van der Waals surface area contributed by atoms with Crippen LogP contribution in [0.25, 0.3) is 11.0 Å². The second kappa shape index (κ2) is 5.40. The van der Waals surface area contributed by atoms with Crippen LogP contribution in [0.2, 0.25) is 0 Å². The summed E-state index contributed by atoms with van der Waals surface area (Å²) in [4.78, 5) is 24.5. The molecule has 2 N–H and O–H groups in total. The minimum atomic E-state index is -0.471. The third kappa shape index (κ3) is 2.46. The summed E-state index contributed by atoms with van der Waals surface area (Å²) in [7, 11) is 0. The van der Waals surface area contributed by atoms with Crippen LogP contribution in [0.15, 0.2) is 11.4 Å². The van der Waals surface area contributed by atoms with Gasteiger partial charge in [0.05, 0.1) is 6.61 Å². The van der Waals surface area contributed by atoms with E-state index in [9.17, 15) is 4.79 Å². The van der Waals surface area contributed by atoms with Crippen LogP contribution in [0.3, 0.4) is 0 Å². The molecule has 0 radical (unpaired) electrons. The highest BCUT2D eigenvalue weighted by molar-refractivity contribution is 7.98. The quantitative estimate of drug-likeness (QED) is 0.520. The maximum absolute atomic E-state index is 11.9. The van der Waals surface area contributed by atoms with E-state index in [0.29, 0.717) is 21.8 Å². The highest BCUT2D eigenvalue weighted by atomic mass is 32.2. The molecule has 2 rings (SSSR count). The number of pyridine rings is 1. The van der Waals surface area contributed by atoms with Crippen LogP contribution < -0.4 is 5.73 Å². The molecule has 0 unspecified atom stereocenters. The number of hydrogen-bond acceptors (Lipinski definition) is 7. The average molecular weight is 278 g/mol. The number of ether oxygens (including phenoxy) is 1. The Morgan fingerprint density at radius 1 is 1.47 bits per heavy atom. The molecule has 6 nitrogen and oxygen atoms in total. The minimum Gasteiger partial charge on any atom is -0.462 e. The summed E-state index contributed by atoms with van der Waals surface area (Å²) in [6.07, 6.45) is 3.53. The number of aromatic nitrogens is 3. The van der Waals surface area contributed by atoms with Gasteiger partial charge in [0.25, 0.3) is 0 Å². The molecule has 2 aromatic heterocycles. The first kappa shape index (κ1) is 13.5. The molecule has 0 spiro atoms. The van der Waals surface area contributed by atoms with Crippen LogP contribution in [-0.4, -0.2) is 33.8 Å². The molecule has 0 amide bonds. The molecule has 2 aromatic rings. The van der Waals surface area contributed by atoms with E-state index in [1.54, 1.807) is 20.0 Å². The Morgan fingerprint density at radius 3 is 2.84 bits per heavy atom. The fourth-order valence-corrected chi connectivity index (χ4v) is 2.10. The van der Waals surface area contributed by atoms with Gasteiger partial charge in [0.2, 0.25) is 0 Å². The second-order valence-electron chi connectivity index (χ2n) is 3.81. The fourth-order valence-electron chi connectivity index (χ4n) is 1.76. The number of nitrogens with two attached hydrogens (primary N) is 1. The van der Waals surface area contributed by atoms with Gasteiger partial charge in [-0.25, -0.2) is 19.7 Å². The van der Waals surface area contributed by atoms with Gasteiger partial charge in [-0.3, -0.25) is 0 Å². The number of fused-ring (bicyclic) bond motifs is 1. The van der Waals surface area contributed by atoms with E-state index in [-0.39, 0.29) is 18.0 Å². The number of carbonyl (C=O) groups is 1. The van der Waals surface area contributed by atoms with Crippen molar-refractivity contribution in [3.63, 3.8) is 0 Å². The number of carbonyl (C=O) groups excluding carboxylic acids is 1. The summed E-state index contributed by atoms with van der Waals surface area (Å²) < 4.78 is 4.98. The van der Waals surface area contributed by atoms with Crippen molar-refractivity contribution in [3.8, 4) is 0 Å². The maximum Gasteiger partial charge on any atom is 0.342 e. The smallest absolute Gasteiger partial charge is 0.342 e. The Hall–Kier alpha value is -1.89. The van der Waals surface area contributed by atoms with E-state index in [4.69, 9.17) is 10.5 Å². The van der Waals surface area contributed by atoms with Crippen LogP contribution in [0, 0.1) is 6.92 Å². The van der Waals surface area contributed by atoms with Gasteiger partial charge >= 0.3 is 5.97 Å². The Bertz CT molecular complexity index is 645. The summed E-state index contributed by atoms with van der Waals surface area (Å²) in [6.45, 7) is 3.82. The molecule has 0 bridgehead atoms. The standard InChI is InChI=1S/C12H14N4O2S/c1-4-18-11(17)8-6(2)7-5-14-12(19-3)16-10(7)15-9(8)13/h5H,4H2,1-3H3,(H2,13,14,15,16). The van der Waals surface area contributed by atoms with Crippen molar-refractivity contribution in [3.05, 3.63) is 17.3 Å². The van der Waals surface area contributed by atoms with Crippen LogP contribution >= 0.6 is 11.8 Å². The second-order valence-corrected chi connectivity index (χ2v) is 4.58. The van der Waals surface area contributed by atoms with Gasteiger partial charge in [-0.1, -0.05) is 11.8 Å². The summed E-state index contributed by atoms with van der Waals surface area (Å²) in [5.41, 5.74) is 7.29. The van der Waals surface area contributed by atoms with Gasteiger partial charge < -0.3 is 10.5 Å². The van der Waals surface area contributed by atoms with Crippen molar-refractivity contribution in [2.24, 2.45) is 0 Å². The van der Waals surface area contributed by atoms with Crippen LogP contribution in [0.5, 0.6) is 0 Å². The highest BCUT2D eigenvalue weighted by Crippen LogP contribution is 2.24. The molecule has 100 valence electrons. The first-order valence-corrected chi connectivity index (χ1v) is 6.94. The van der Waals surface area contributed by atoms with Crippen molar-refractivity contribution in [1.29, 1.82) is 0 Å². The molecule has 0 saturated carbocycles. The van der Waals surface area contributed by atoms with Gasteiger partial charge in [0, 0.05) is 11.6 Å². The van der Waals surface area contributed by atoms with Crippen molar-refractivity contribution in [1.82, 2.24) is 15.0 Å². The lowest BCUT2D eigenvalue weighted by atomic mass is 10.1. The van der Waals surface area contributed by atoms with Crippen LogP contribution in [0.1, 0.15) is 22.8 Å². The molecule has 2 heterocycles. The Morgan fingerprint density at radius 2 is 2.21 bits per heavy atom. The predicted octanol–water partition coefficient (Wildman–Crippen LogP) is 1.81. The Kier molecular flexibility index (Phi) is 3.84. The summed E-state index contributed by atoms with van der Waals surface area (Å²) >= 11 is 1.42. The fraction of sp³-hybridized carbons (Fsp3) is 0.333. The van der Waals surface area contributed by atoms with Crippen LogP contribution in [-0.2, 0) is 4.74 Å². The van der Waals surface area contributed by atoms with Gasteiger partial charge in [0.15, 0.2) is 10.8 Å². The zero-order valence-electron chi connectivity index (χ0n) is 10.9. The molecule has 7 heteroatoms. The number of rotatable bonds is 3. The van der Waals surface area contributed by atoms with E-state index in [2.05, 4.69) is 15.0 Å². The van der Waals surface area contributed by atoms with Gasteiger partial charge in [-0.05, 0) is 25.7 Å². The van der Waals surface area contributed by atoms with Crippen molar-refractivity contribution < 1.29 is 9.53 Å². The summed E-state index contributed by atoms with van der Waals surface area (Å²) in [5, 5.41) is 1.32. The predicted molar refractivity (Wildman–Crippen MR) is 74.2 cm³/mol. The molecule has 0 saturated heterocycles. The molecule has 0 atom stereocenters. The normalized spacial score (nSPS) is 10.7. The van der Waals surface area contributed by atoms with E-state index in [1.807, 2.05) is 6.26 Å².